The Balaban J connectivity index is 2.10. The summed E-state index contributed by atoms with van der Waals surface area (Å²) in [4.78, 5) is 12.2. The number of hydrogen-bond acceptors (Lipinski definition) is 3. The average Bonchev–Trinajstić information content (AvgIpc) is 3.26. The zero-order valence-electron chi connectivity index (χ0n) is 16.6. The molecule has 0 radical (unpaired) electrons. The molecule has 2 aromatic heterocycles. The van der Waals surface area contributed by atoms with Gasteiger partial charge in [-0.1, -0.05) is 44.9 Å². The molecule has 0 aliphatic rings. The summed E-state index contributed by atoms with van der Waals surface area (Å²) in [7, 11) is 0. The maximum Gasteiger partial charge on any atom is 0.358 e. The van der Waals surface area contributed by atoms with E-state index in [0.29, 0.717) is 12.3 Å². The zero-order valence-corrected chi connectivity index (χ0v) is 16.6. The molecule has 0 fully saturated rings. The first-order valence-electron chi connectivity index (χ1n) is 10.0. The van der Waals surface area contributed by atoms with Gasteiger partial charge in [0.15, 0.2) is 5.69 Å². The SMILES string of the molecule is CCCCn1nc(C(=O)OCC)cc1-c1cn(CCCC)c2ccccc12. The maximum absolute atomic E-state index is 12.2. The van der Waals surface area contributed by atoms with Gasteiger partial charge in [0.2, 0.25) is 0 Å². The molecule has 0 unspecified atom stereocenters. The quantitative estimate of drug-likeness (QED) is 0.483. The number of carbonyl (C=O) groups is 1. The van der Waals surface area contributed by atoms with Crippen molar-refractivity contribution < 1.29 is 9.53 Å². The van der Waals surface area contributed by atoms with Gasteiger partial charge in [-0.3, -0.25) is 4.68 Å². The summed E-state index contributed by atoms with van der Waals surface area (Å²) >= 11 is 0. The van der Waals surface area contributed by atoms with Crippen molar-refractivity contribution in [3.8, 4) is 11.3 Å². The molecule has 0 bridgehead atoms. The first-order valence-corrected chi connectivity index (χ1v) is 10.0. The molecule has 1 aromatic carbocycles. The van der Waals surface area contributed by atoms with Crippen molar-refractivity contribution in [2.45, 2.75) is 59.5 Å². The number of fused-ring (bicyclic) bond motifs is 1. The van der Waals surface area contributed by atoms with Gasteiger partial charge in [0.05, 0.1) is 12.3 Å². The van der Waals surface area contributed by atoms with Crippen molar-refractivity contribution in [1.82, 2.24) is 14.3 Å². The maximum atomic E-state index is 12.2. The number of aromatic nitrogens is 3. The molecule has 144 valence electrons. The largest absolute Gasteiger partial charge is 0.461 e. The van der Waals surface area contributed by atoms with E-state index in [2.05, 4.69) is 54.0 Å². The molecular formula is C22H29N3O2. The lowest BCUT2D eigenvalue weighted by atomic mass is 10.1. The number of esters is 1. The third-order valence-electron chi connectivity index (χ3n) is 4.81. The van der Waals surface area contributed by atoms with E-state index in [-0.39, 0.29) is 5.97 Å². The number of hydrogen-bond donors (Lipinski definition) is 0. The van der Waals surface area contributed by atoms with Crippen LogP contribution in [0.2, 0.25) is 0 Å². The Hall–Kier alpha value is -2.56. The fraction of sp³-hybridized carbons (Fsp3) is 0.455. The van der Waals surface area contributed by atoms with Gasteiger partial charge < -0.3 is 9.30 Å². The summed E-state index contributed by atoms with van der Waals surface area (Å²) in [6.45, 7) is 8.31. The molecule has 0 aliphatic heterocycles. The minimum Gasteiger partial charge on any atom is -0.461 e. The van der Waals surface area contributed by atoms with Crippen LogP contribution in [0.3, 0.4) is 0 Å². The van der Waals surface area contributed by atoms with Gasteiger partial charge in [-0.05, 0) is 31.9 Å². The Labute approximate surface area is 160 Å². The van der Waals surface area contributed by atoms with Crippen LogP contribution in [0.15, 0.2) is 36.5 Å². The fourth-order valence-corrected chi connectivity index (χ4v) is 3.38. The van der Waals surface area contributed by atoms with Gasteiger partial charge in [0.1, 0.15) is 0 Å². The van der Waals surface area contributed by atoms with E-state index < -0.39 is 0 Å². The number of benzene rings is 1. The summed E-state index contributed by atoms with van der Waals surface area (Å²) < 4.78 is 9.44. The highest BCUT2D eigenvalue weighted by Gasteiger charge is 2.19. The summed E-state index contributed by atoms with van der Waals surface area (Å²) in [5, 5.41) is 5.75. The van der Waals surface area contributed by atoms with Crippen LogP contribution in [-0.2, 0) is 17.8 Å². The fourth-order valence-electron chi connectivity index (χ4n) is 3.38. The number of unbranched alkanes of at least 4 members (excludes halogenated alkanes) is 2. The number of rotatable bonds is 9. The van der Waals surface area contributed by atoms with Crippen LogP contribution in [0.1, 0.15) is 56.9 Å². The number of aryl methyl sites for hydroxylation is 2. The van der Waals surface area contributed by atoms with Crippen LogP contribution in [0.5, 0.6) is 0 Å². The van der Waals surface area contributed by atoms with E-state index in [1.54, 1.807) is 0 Å². The Kier molecular flexibility index (Phi) is 6.32. The van der Waals surface area contributed by atoms with Crippen LogP contribution < -0.4 is 0 Å². The van der Waals surface area contributed by atoms with Gasteiger partial charge in [-0.25, -0.2) is 4.79 Å². The van der Waals surface area contributed by atoms with Crippen molar-refractivity contribution in [1.29, 1.82) is 0 Å². The monoisotopic (exact) mass is 367 g/mol. The van der Waals surface area contributed by atoms with Gasteiger partial charge in [0, 0.05) is 35.8 Å². The minimum absolute atomic E-state index is 0.353. The Morgan fingerprint density at radius 2 is 1.81 bits per heavy atom. The van der Waals surface area contributed by atoms with E-state index in [1.165, 1.54) is 10.9 Å². The first kappa shape index (κ1) is 19.2. The summed E-state index contributed by atoms with van der Waals surface area (Å²) in [6, 6.07) is 10.3. The topological polar surface area (TPSA) is 49.1 Å². The van der Waals surface area contributed by atoms with Crippen molar-refractivity contribution in [3.05, 3.63) is 42.2 Å². The summed E-state index contributed by atoms with van der Waals surface area (Å²) in [5.41, 5.74) is 3.72. The summed E-state index contributed by atoms with van der Waals surface area (Å²) in [6.07, 6.45) is 6.59. The zero-order chi connectivity index (χ0) is 19.2. The van der Waals surface area contributed by atoms with Crippen LogP contribution in [0.4, 0.5) is 0 Å². The van der Waals surface area contributed by atoms with E-state index in [4.69, 9.17) is 4.74 Å². The van der Waals surface area contributed by atoms with Crippen molar-refractivity contribution in [2.24, 2.45) is 0 Å². The lowest BCUT2D eigenvalue weighted by Gasteiger charge is -2.05. The number of carbonyl (C=O) groups excluding carboxylic acids is 1. The number of para-hydroxylation sites is 1. The molecule has 27 heavy (non-hydrogen) atoms. The van der Waals surface area contributed by atoms with Crippen molar-refractivity contribution >= 4 is 16.9 Å². The van der Waals surface area contributed by atoms with Crippen molar-refractivity contribution in [2.75, 3.05) is 6.61 Å². The highest BCUT2D eigenvalue weighted by atomic mass is 16.5. The lowest BCUT2D eigenvalue weighted by molar-refractivity contribution is 0.0518. The molecule has 0 aliphatic carbocycles. The number of nitrogens with zero attached hydrogens (tertiary/aromatic N) is 3. The highest BCUT2D eigenvalue weighted by molar-refractivity contribution is 5.97. The molecule has 0 amide bonds. The van der Waals surface area contributed by atoms with E-state index in [9.17, 15) is 4.79 Å². The van der Waals surface area contributed by atoms with Crippen LogP contribution in [0, 0.1) is 0 Å². The molecule has 0 spiro atoms. The van der Waals surface area contributed by atoms with Gasteiger partial charge >= 0.3 is 5.97 Å². The van der Waals surface area contributed by atoms with Crippen LogP contribution in [0.25, 0.3) is 22.2 Å². The van der Waals surface area contributed by atoms with Crippen LogP contribution in [-0.4, -0.2) is 26.9 Å². The third-order valence-corrected chi connectivity index (χ3v) is 4.81. The molecule has 3 aromatic rings. The molecule has 5 nitrogen and oxygen atoms in total. The van der Waals surface area contributed by atoms with Gasteiger partial charge in [-0.2, -0.15) is 5.10 Å². The molecule has 2 heterocycles. The van der Waals surface area contributed by atoms with Gasteiger partial charge in [-0.15, -0.1) is 0 Å². The predicted octanol–water partition coefficient (Wildman–Crippen LogP) is 5.28. The lowest BCUT2D eigenvalue weighted by Crippen LogP contribution is -2.07. The van der Waals surface area contributed by atoms with Gasteiger partial charge in [0.25, 0.3) is 0 Å². The van der Waals surface area contributed by atoms with Crippen LogP contribution >= 0.6 is 0 Å². The van der Waals surface area contributed by atoms with E-state index in [0.717, 1.165) is 50.0 Å². The Morgan fingerprint density at radius 1 is 1.07 bits per heavy atom. The standard InChI is InChI=1S/C22H29N3O2/c1-4-7-13-24-16-18(17-11-9-10-12-20(17)24)21-15-19(22(26)27-6-3)23-25(21)14-8-5-2/h9-12,15-16H,4-8,13-14H2,1-3H3. The van der Waals surface area contributed by atoms with Crippen molar-refractivity contribution in [3.63, 3.8) is 0 Å². The second-order valence-corrected chi connectivity index (χ2v) is 6.82. The smallest absolute Gasteiger partial charge is 0.358 e. The highest BCUT2D eigenvalue weighted by Crippen LogP contribution is 2.32. The minimum atomic E-state index is -0.358. The molecule has 3 rings (SSSR count). The molecule has 0 saturated carbocycles. The molecule has 0 N–H and O–H groups in total. The molecule has 0 atom stereocenters. The average molecular weight is 367 g/mol. The molecular weight excluding hydrogens is 338 g/mol. The first-order chi connectivity index (χ1) is 13.2. The normalized spacial score (nSPS) is 11.2. The third kappa shape index (κ3) is 4.07. The molecule has 5 heteroatoms. The summed E-state index contributed by atoms with van der Waals surface area (Å²) in [5.74, 6) is -0.358. The second-order valence-electron chi connectivity index (χ2n) is 6.82. The number of ether oxygens (including phenoxy) is 1. The second kappa shape index (κ2) is 8.89. The van der Waals surface area contributed by atoms with E-state index >= 15 is 0 Å². The predicted molar refractivity (Wildman–Crippen MR) is 109 cm³/mol. The Morgan fingerprint density at radius 3 is 2.56 bits per heavy atom. The van der Waals surface area contributed by atoms with E-state index in [1.807, 2.05) is 17.7 Å². The molecule has 0 saturated heterocycles. The Bertz CT molecular complexity index is 908.